The number of nitrogens with zero attached hydrogens (tertiary/aromatic N) is 5. The number of aliphatic imine (C=N–C) groups is 1. The van der Waals surface area contributed by atoms with Gasteiger partial charge in [0.1, 0.15) is 23.2 Å². The van der Waals surface area contributed by atoms with Gasteiger partial charge in [-0.05, 0) is 37.1 Å². The standard InChI is InChI=1S/C25H26FN7O2/c1-4-6-7-20(28-3)30-25(35)15-8-9-17(18(26)12-15)23-22-19(10-11-29-24(22)27)33(31-23)16-13-32(14-16)21(34)5-2/h4-7,10-12,16H,1-2,8-9,13-14H2,3H3,(H2,27,29)(H,28,30,35)/b7-6-. The third-order valence-corrected chi connectivity index (χ3v) is 6.03. The quantitative estimate of drug-likeness (QED) is 0.288. The number of hydrogen-bond acceptors (Lipinski definition) is 6. The molecule has 2 aliphatic rings. The number of allylic oxidation sites excluding steroid dienone is 5. The molecule has 2 amide bonds. The average molecular weight is 476 g/mol. The lowest BCUT2D eigenvalue weighted by atomic mass is 9.93. The summed E-state index contributed by atoms with van der Waals surface area (Å²) in [5.41, 5.74) is 7.95. The summed E-state index contributed by atoms with van der Waals surface area (Å²) in [6, 6.07) is 1.70. The number of amides is 2. The number of carbonyl (C=O) groups excluding carboxylic acids is 2. The van der Waals surface area contributed by atoms with E-state index >= 15 is 4.39 Å². The molecule has 2 aromatic heterocycles. The number of nitrogens with two attached hydrogens (primary N) is 1. The fourth-order valence-corrected chi connectivity index (χ4v) is 4.15. The molecular weight excluding hydrogens is 449 g/mol. The highest BCUT2D eigenvalue weighted by atomic mass is 19.1. The predicted molar refractivity (Wildman–Crippen MR) is 134 cm³/mol. The van der Waals surface area contributed by atoms with Gasteiger partial charge in [0.15, 0.2) is 0 Å². The number of nitrogen functional groups attached to an aromatic ring is 1. The molecule has 0 saturated carbocycles. The first kappa shape index (κ1) is 23.8. The molecule has 0 unspecified atom stereocenters. The minimum absolute atomic E-state index is 0.0727. The number of anilines is 1. The first-order valence-corrected chi connectivity index (χ1v) is 11.1. The van der Waals surface area contributed by atoms with Crippen molar-refractivity contribution in [1.82, 2.24) is 25.0 Å². The van der Waals surface area contributed by atoms with E-state index in [4.69, 9.17) is 10.8 Å². The largest absolute Gasteiger partial charge is 0.383 e. The van der Waals surface area contributed by atoms with Gasteiger partial charge in [-0.25, -0.2) is 9.37 Å². The van der Waals surface area contributed by atoms with Crippen LogP contribution in [0.25, 0.3) is 16.5 Å². The maximum absolute atomic E-state index is 15.3. The zero-order valence-electron chi connectivity index (χ0n) is 19.4. The summed E-state index contributed by atoms with van der Waals surface area (Å²) < 4.78 is 17.1. The van der Waals surface area contributed by atoms with Crippen molar-refractivity contribution in [3.8, 4) is 0 Å². The fourth-order valence-electron chi connectivity index (χ4n) is 4.15. The number of nitrogens with one attached hydrogen (secondary N) is 1. The second-order valence-electron chi connectivity index (χ2n) is 8.14. The highest BCUT2D eigenvalue weighted by molar-refractivity contribution is 6.10. The van der Waals surface area contributed by atoms with Gasteiger partial charge >= 0.3 is 0 Å². The molecule has 10 heteroatoms. The minimum atomic E-state index is -0.551. The Hall–Kier alpha value is -4.34. The number of rotatable bonds is 6. The van der Waals surface area contributed by atoms with E-state index in [1.54, 1.807) is 47.1 Å². The Labute approximate surface area is 201 Å². The summed E-state index contributed by atoms with van der Waals surface area (Å²) in [5, 5.41) is 7.92. The Kier molecular flexibility index (Phi) is 6.72. The van der Waals surface area contributed by atoms with Gasteiger partial charge in [-0.3, -0.25) is 19.3 Å². The van der Waals surface area contributed by atoms with Crippen molar-refractivity contribution in [3.05, 3.63) is 72.9 Å². The maximum atomic E-state index is 15.3. The number of hydrogen-bond donors (Lipinski definition) is 2. The molecule has 1 aliphatic carbocycles. The van der Waals surface area contributed by atoms with Crippen LogP contribution in [0.15, 0.2) is 72.2 Å². The lowest BCUT2D eigenvalue weighted by molar-refractivity contribution is -0.131. The number of fused-ring (bicyclic) bond motifs is 1. The zero-order valence-corrected chi connectivity index (χ0v) is 19.4. The van der Waals surface area contributed by atoms with E-state index in [0.717, 1.165) is 0 Å². The Morgan fingerprint density at radius 3 is 2.74 bits per heavy atom. The highest BCUT2D eigenvalue weighted by Gasteiger charge is 2.34. The van der Waals surface area contributed by atoms with E-state index in [2.05, 4.69) is 28.5 Å². The van der Waals surface area contributed by atoms with Gasteiger partial charge in [-0.1, -0.05) is 25.3 Å². The van der Waals surface area contributed by atoms with Crippen LogP contribution in [-0.4, -0.2) is 57.5 Å². The monoisotopic (exact) mass is 475 g/mol. The summed E-state index contributed by atoms with van der Waals surface area (Å²) in [5.74, 6) is -0.532. The minimum Gasteiger partial charge on any atom is -0.383 e. The van der Waals surface area contributed by atoms with Gasteiger partial charge in [-0.2, -0.15) is 5.10 Å². The lowest BCUT2D eigenvalue weighted by Gasteiger charge is -2.38. The zero-order chi connectivity index (χ0) is 25.1. The number of aromatic nitrogens is 3. The van der Waals surface area contributed by atoms with E-state index < -0.39 is 11.7 Å². The maximum Gasteiger partial charge on any atom is 0.252 e. The van der Waals surface area contributed by atoms with E-state index in [0.29, 0.717) is 53.1 Å². The van der Waals surface area contributed by atoms with E-state index in [1.807, 2.05) is 0 Å². The molecule has 4 rings (SSSR count). The van der Waals surface area contributed by atoms with E-state index in [9.17, 15) is 9.59 Å². The van der Waals surface area contributed by atoms with Gasteiger partial charge in [0.05, 0.1) is 16.9 Å². The Balaban J connectivity index is 1.66. The predicted octanol–water partition coefficient (Wildman–Crippen LogP) is 2.87. The molecule has 1 aliphatic heterocycles. The normalized spacial score (nSPS) is 16.9. The van der Waals surface area contributed by atoms with Crippen molar-refractivity contribution >= 4 is 39.9 Å². The highest BCUT2D eigenvalue weighted by Crippen LogP contribution is 2.38. The molecule has 1 fully saturated rings. The van der Waals surface area contributed by atoms with Crippen LogP contribution in [-0.2, 0) is 9.59 Å². The molecule has 0 atom stereocenters. The number of amidine groups is 1. The van der Waals surface area contributed by atoms with Crippen LogP contribution >= 0.6 is 0 Å². The van der Waals surface area contributed by atoms with Crippen LogP contribution in [0.2, 0.25) is 0 Å². The van der Waals surface area contributed by atoms with Crippen molar-refractivity contribution in [2.75, 3.05) is 25.9 Å². The van der Waals surface area contributed by atoms with Crippen LogP contribution in [0.4, 0.5) is 10.2 Å². The molecule has 1 saturated heterocycles. The molecule has 0 spiro atoms. The van der Waals surface area contributed by atoms with Crippen LogP contribution in [0.3, 0.4) is 0 Å². The first-order valence-electron chi connectivity index (χ1n) is 11.1. The average Bonchev–Trinajstić information content (AvgIpc) is 3.20. The topological polar surface area (TPSA) is 118 Å². The van der Waals surface area contributed by atoms with Crippen molar-refractivity contribution in [2.24, 2.45) is 4.99 Å². The summed E-state index contributed by atoms with van der Waals surface area (Å²) in [6.07, 6.45) is 9.47. The molecule has 9 nitrogen and oxygen atoms in total. The molecular formula is C25H26FN7O2. The first-order chi connectivity index (χ1) is 16.9. The second-order valence-corrected chi connectivity index (χ2v) is 8.14. The van der Waals surface area contributed by atoms with Gasteiger partial charge in [-0.15, -0.1) is 0 Å². The summed E-state index contributed by atoms with van der Waals surface area (Å²) in [7, 11) is 1.55. The smallest absolute Gasteiger partial charge is 0.252 e. The molecule has 0 aromatic carbocycles. The molecule has 35 heavy (non-hydrogen) atoms. The molecule has 0 radical (unpaired) electrons. The number of halogens is 1. The van der Waals surface area contributed by atoms with Gasteiger partial charge in [0, 0.05) is 37.5 Å². The molecule has 2 aromatic rings. The Morgan fingerprint density at radius 2 is 2.09 bits per heavy atom. The van der Waals surface area contributed by atoms with Crippen molar-refractivity contribution in [2.45, 2.75) is 18.9 Å². The number of carbonyl (C=O) groups is 2. The molecule has 0 bridgehead atoms. The van der Waals surface area contributed by atoms with Crippen molar-refractivity contribution in [1.29, 1.82) is 0 Å². The molecule has 180 valence electrons. The summed E-state index contributed by atoms with van der Waals surface area (Å²) >= 11 is 0. The third kappa shape index (κ3) is 4.54. The summed E-state index contributed by atoms with van der Waals surface area (Å²) in [6.45, 7) is 8.04. The molecule has 3 N–H and O–H groups in total. The van der Waals surface area contributed by atoms with Gasteiger partial charge in [0.2, 0.25) is 5.91 Å². The number of likely N-dealkylation sites (tertiary alicyclic amines) is 1. The van der Waals surface area contributed by atoms with Gasteiger partial charge in [0.25, 0.3) is 5.91 Å². The third-order valence-electron chi connectivity index (χ3n) is 6.03. The van der Waals surface area contributed by atoms with Crippen LogP contribution in [0.5, 0.6) is 0 Å². The molecule has 3 heterocycles. The fraction of sp³-hybridized carbons (Fsp3) is 0.240. The SMILES string of the molecule is C=C/C=C\C(=NC)NC(=O)C1=CC(F)=C(c2nn(C3CN(C(=O)C=C)C3)c3ccnc(N)c23)CC1. The Bertz CT molecular complexity index is 1340. The van der Waals surface area contributed by atoms with Gasteiger partial charge < -0.3 is 16.0 Å². The lowest BCUT2D eigenvalue weighted by Crippen LogP contribution is -2.50. The Morgan fingerprint density at radius 1 is 1.31 bits per heavy atom. The van der Waals surface area contributed by atoms with Crippen LogP contribution < -0.4 is 11.1 Å². The van der Waals surface area contributed by atoms with Crippen LogP contribution in [0.1, 0.15) is 24.6 Å². The van der Waals surface area contributed by atoms with E-state index in [-0.39, 0.29) is 24.2 Å². The summed E-state index contributed by atoms with van der Waals surface area (Å²) in [4.78, 5) is 34.3. The van der Waals surface area contributed by atoms with E-state index in [1.165, 1.54) is 12.2 Å². The second kappa shape index (κ2) is 9.88. The number of pyridine rings is 1. The van der Waals surface area contributed by atoms with Crippen LogP contribution in [0, 0.1) is 0 Å². The van der Waals surface area contributed by atoms with Crippen molar-refractivity contribution in [3.63, 3.8) is 0 Å². The van der Waals surface area contributed by atoms with Crippen molar-refractivity contribution < 1.29 is 14.0 Å².